The van der Waals surface area contributed by atoms with Crippen LogP contribution >= 0.6 is 12.6 Å². The average molecular weight is 186 g/mol. The third kappa shape index (κ3) is 1.72. The Morgan fingerprint density at radius 1 is 1.50 bits per heavy atom. The lowest BCUT2D eigenvalue weighted by Gasteiger charge is -2.06. The SMILES string of the molecule is CCc1cc(OC)cc(S)c1F. The second-order valence-corrected chi connectivity index (χ2v) is 2.95. The first kappa shape index (κ1) is 9.39. The Labute approximate surface area is 77.0 Å². The van der Waals surface area contributed by atoms with Crippen molar-refractivity contribution < 1.29 is 9.13 Å². The lowest BCUT2D eigenvalue weighted by molar-refractivity contribution is 0.410. The van der Waals surface area contributed by atoms with Crippen molar-refractivity contribution in [3.63, 3.8) is 0 Å². The van der Waals surface area contributed by atoms with E-state index in [0.717, 1.165) is 0 Å². The van der Waals surface area contributed by atoms with E-state index in [9.17, 15) is 4.39 Å². The summed E-state index contributed by atoms with van der Waals surface area (Å²) < 4.78 is 18.2. The largest absolute Gasteiger partial charge is 0.497 e. The first-order valence-corrected chi connectivity index (χ1v) is 4.19. The van der Waals surface area contributed by atoms with Crippen LogP contribution in [0.1, 0.15) is 12.5 Å². The fourth-order valence-corrected chi connectivity index (χ4v) is 1.29. The zero-order valence-corrected chi connectivity index (χ0v) is 7.99. The summed E-state index contributed by atoms with van der Waals surface area (Å²) in [7, 11) is 1.56. The van der Waals surface area contributed by atoms with Gasteiger partial charge in [0.25, 0.3) is 0 Å². The fourth-order valence-electron chi connectivity index (χ4n) is 1.01. The highest BCUT2D eigenvalue weighted by Gasteiger charge is 2.06. The molecule has 0 atom stereocenters. The summed E-state index contributed by atoms with van der Waals surface area (Å²) in [4.78, 5) is 0.339. The Balaban J connectivity index is 3.19. The van der Waals surface area contributed by atoms with Crippen molar-refractivity contribution in [3.8, 4) is 5.75 Å². The van der Waals surface area contributed by atoms with Gasteiger partial charge < -0.3 is 4.74 Å². The highest BCUT2D eigenvalue weighted by molar-refractivity contribution is 7.80. The molecule has 1 aromatic carbocycles. The van der Waals surface area contributed by atoms with Gasteiger partial charge in [0.1, 0.15) is 11.6 Å². The number of benzene rings is 1. The summed E-state index contributed by atoms with van der Waals surface area (Å²) in [6.45, 7) is 1.89. The van der Waals surface area contributed by atoms with E-state index in [1.54, 1.807) is 19.2 Å². The summed E-state index contributed by atoms with van der Waals surface area (Å²) in [5.74, 6) is 0.403. The predicted octanol–water partition coefficient (Wildman–Crippen LogP) is 2.69. The van der Waals surface area contributed by atoms with E-state index >= 15 is 0 Å². The third-order valence-corrected chi connectivity index (χ3v) is 2.04. The highest BCUT2D eigenvalue weighted by atomic mass is 32.1. The topological polar surface area (TPSA) is 9.23 Å². The summed E-state index contributed by atoms with van der Waals surface area (Å²) >= 11 is 3.99. The molecule has 1 aromatic rings. The second kappa shape index (κ2) is 3.81. The minimum Gasteiger partial charge on any atom is -0.497 e. The zero-order valence-electron chi connectivity index (χ0n) is 7.10. The van der Waals surface area contributed by atoms with Crippen LogP contribution in [0, 0.1) is 5.82 Å². The Morgan fingerprint density at radius 2 is 2.17 bits per heavy atom. The van der Waals surface area contributed by atoms with Crippen molar-refractivity contribution in [2.75, 3.05) is 7.11 Å². The van der Waals surface area contributed by atoms with Gasteiger partial charge in [0.2, 0.25) is 0 Å². The summed E-state index contributed by atoms with van der Waals surface area (Å²) in [6, 6.07) is 3.26. The molecule has 0 radical (unpaired) electrons. The number of ether oxygens (including phenoxy) is 1. The van der Waals surface area contributed by atoms with Gasteiger partial charge in [0.05, 0.1) is 7.11 Å². The second-order valence-electron chi connectivity index (χ2n) is 2.47. The highest BCUT2D eigenvalue weighted by Crippen LogP contribution is 2.24. The molecular weight excluding hydrogens is 175 g/mol. The van der Waals surface area contributed by atoms with E-state index in [4.69, 9.17) is 4.74 Å². The van der Waals surface area contributed by atoms with E-state index < -0.39 is 0 Å². The summed E-state index contributed by atoms with van der Waals surface area (Å²) in [6.07, 6.45) is 0.649. The van der Waals surface area contributed by atoms with E-state index in [1.807, 2.05) is 6.92 Å². The number of methoxy groups -OCH3 is 1. The standard InChI is InChI=1S/C9H11FOS/c1-3-6-4-7(11-2)5-8(12)9(6)10/h4-5,12H,3H2,1-2H3. The molecule has 0 saturated heterocycles. The van der Waals surface area contributed by atoms with Crippen LogP contribution in [0.4, 0.5) is 4.39 Å². The maximum atomic E-state index is 13.2. The smallest absolute Gasteiger partial charge is 0.139 e. The minimum atomic E-state index is -0.248. The molecule has 1 rings (SSSR count). The maximum Gasteiger partial charge on any atom is 0.139 e. The van der Waals surface area contributed by atoms with Crippen molar-refractivity contribution >= 4 is 12.6 Å². The third-order valence-electron chi connectivity index (χ3n) is 1.72. The number of thiol groups is 1. The number of rotatable bonds is 2. The zero-order chi connectivity index (χ0) is 9.14. The lowest BCUT2D eigenvalue weighted by atomic mass is 10.1. The molecule has 0 aliphatic carbocycles. The van der Waals surface area contributed by atoms with Crippen molar-refractivity contribution in [1.82, 2.24) is 0 Å². The van der Waals surface area contributed by atoms with Gasteiger partial charge in [-0.15, -0.1) is 12.6 Å². The van der Waals surface area contributed by atoms with Crippen molar-refractivity contribution in [1.29, 1.82) is 0 Å². The molecule has 66 valence electrons. The van der Waals surface area contributed by atoms with Crippen LogP contribution in [-0.2, 0) is 6.42 Å². The molecule has 0 fully saturated rings. The average Bonchev–Trinajstić information content (AvgIpc) is 2.09. The monoisotopic (exact) mass is 186 g/mol. The van der Waals surface area contributed by atoms with Crippen LogP contribution in [-0.4, -0.2) is 7.11 Å². The number of hydrogen-bond donors (Lipinski definition) is 1. The molecule has 0 aliphatic heterocycles. The predicted molar refractivity (Wildman–Crippen MR) is 49.6 cm³/mol. The van der Waals surface area contributed by atoms with Crippen LogP contribution < -0.4 is 4.74 Å². The number of halogens is 1. The van der Waals surface area contributed by atoms with Crippen molar-refractivity contribution in [2.24, 2.45) is 0 Å². The van der Waals surface area contributed by atoms with Crippen molar-refractivity contribution in [2.45, 2.75) is 18.2 Å². The molecular formula is C9H11FOS. The Kier molecular flexibility index (Phi) is 2.98. The molecule has 0 saturated carbocycles. The first-order valence-electron chi connectivity index (χ1n) is 3.74. The van der Waals surface area contributed by atoms with Crippen LogP contribution in [0.2, 0.25) is 0 Å². The van der Waals surface area contributed by atoms with Gasteiger partial charge in [-0.2, -0.15) is 0 Å². The molecule has 0 aromatic heterocycles. The van der Waals surface area contributed by atoms with Crippen LogP contribution in [0.15, 0.2) is 17.0 Å². The van der Waals surface area contributed by atoms with Crippen LogP contribution in [0.3, 0.4) is 0 Å². The summed E-state index contributed by atoms with van der Waals surface area (Å²) in [5, 5.41) is 0. The molecule has 1 nitrogen and oxygen atoms in total. The molecule has 0 unspecified atom stereocenters. The quantitative estimate of drug-likeness (QED) is 0.699. The minimum absolute atomic E-state index is 0.248. The molecule has 0 amide bonds. The molecule has 0 bridgehead atoms. The van der Waals surface area contributed by atoms with Gasteiger partial charge in [-0.25, -0.2) is 4.39 Å². The maximum absolute atomic E-state index is 13.2. The lowest BCUT2D eigenvalue weighted by Crippen LogP contribution is -1.92. The Hall–Kier alpha value is -0.700. The van der Waals surface area contributed by atoms with Gasteiger partial charge in [0.15, 0.2) is 0 Å². The normalized spacial score (nSPS) is 10.0. The first-order chi connectivity index (χ1) is 5.69. The van der Waals surface area contributed by atoms with Crippen LogP contribution in [0.25, 0.3) is 0 Å². The molecule has 0 spiro atoms. The Bertz CT molecular complexity index is 286. The molecule has 12 heavy (non-hydrogen) atoms. The number of aryl methyl sites for hydroxylation is 1. The van der Waals surface area contributed by atoms with Crippen LogP contribution in [0.5, 0.6) is 5.75 Å². The Morgan fingerprint density at radius 3 is 2.67 bits per heavy atom. The van der Waals surface area contributed by atoms with Gasteiger partial charge in [-0.3, -0.25) is 0 Å². The molecule has 0 heterocycles. The summed E-state index contributed by atoms with van der Waals surface area (Å²) in [5.41, 5.74) is 0.638. The number of hydrogen-bond acceptors (Lipinski definition) is 2. The van der Waals surface area contributed by atoms with E-state index in [2.05, 4.69) is 12.6 Å². The molecule has 0 N–H and O–H groups in total. The van der Waals surface area contributed by atoms with Gasteiger partial charge in [-0.1, -0.05) is 6.92 Å². The van der Waals surface area contributed by atoms with Gasteiger partial charge >= 0.3 is 0 Å². The van der Waals surface area contributed by atoms with Gasteiger partial charge in [0, 0.05) is 4.90 Å². The molecule has 0 aliphatic rings. The van der Waals surface area contributed by atoms with E-state index in [-0.39, 0.29) is 5.82 Å². The van der Waals surface area contributed by atoms with E-state index in [0.29, 0.717) is 22.6 Å². The van der Waals surface area contributed by atoms with Gasteiger partial charge in [-0.05, 0) is 24.1 Å². The van der Waals surface area contributed by atoms with Crippen molar-refractivity contribution in [3.05, 3.63) is 23.5 Å². The molecule has 3 heteroatoms. The fraction of sp³-hybridized carbons (Fsp3) is 0.333. The van der Waals surface area contributed by atoms with E-state index in [1.165, 1.54) is 0 Å².